The normalized spacial score (nSPS) is 12.7. The van der Waals surface area contributed by atoms with Crippen LogP contribution in [-0.2, 0) is 11.3 Å². The van der Waals surface area contributed by atoms with Gasteiger partial charge in [-0.1, -0.05) is 17.7 Å². The van der Waals surface area contributed by atoms with Crippen LogP contribution >= 0.6 is 11.6 Å². The van der Waals surface area contributed by atoms with E-state index >= 15 is 0 Å². The topological polar surface area (TPSA) is 59.0 Å². The second-order valence-corrected chi connectivity index (χ2v) is 4.57. The monoisotopic (exact) mass is 283 g/mol. The van der Waals surface area contributed by atoms with Crippen molar-refractivity contribution in [2.75, 3.05) is 19.9 Å². The SMILES string of the molecule is C=CCN(CC(=O)O)Cc1cc(Cl)c2c(c1)OCO2. The average Bonchev–Trinajstić information content (AvgIpc) is 2.77. The molecule has 1 heterocycles. The van der Waals surface area contributed by atoms with Crippen LogP contribution in [-0.4, -0.2) is 35.9 Å². The lowest BCUT2D eigenvalue weighted by Crippen LogP contribution is -2.29. The Bertz CT molecular complexity index is 504. The van der Waals surface area contributed by atoms with Gasteiger partial charge in [-0.3, -0.25) is 9.69 Å². The number of carboxylic acids is 1. The van der Waals surface area contributed by atoms with Crippen LogP contribution in [0.2, 0.25) is 5.02 Å². The molecule has 1 aromatic rings. The molecule has 2 rings (SSSR count). The van der Waals surface area contributed by atoms with Crippen molar-refractivity contribution in [2.24, 2.45) is 0 Å². The van der Waals surface area contributed by atoms with Crippen molar-refractivity contribution in [1.29, 1.82) is 0 Å². The molecular weight excluding hydrogens is 270 g/mol. The minimum absolute atomic E-state index is 0.0575. The smallest absolute Gasteiger partial charge is 0.317 e. The lowest BCUT2D eigenvalue weighted by atomic mass is 10.2. The first-order valence-corrected chi connectivity index (χ1v) is 6.11. The van der Waals surface area contributed by atoms with Gasteiger partial charge in [-0.05, 0) is 17.7 Å². The van der Waals surface area contributed by atoms with Gasteiger partial charge in [0.1, 0.15) is 0 Å². The van der Waals surface area contributed by atoms with E-state index in [2.05, 4.69) is 6.58 Å². The van der Waals surface area contributed by atoms with Gasteiger partial charge in [-0.15, -0.1) is 6.58 Å². The number of halogens is 1. The van der Waals surface area contributed by atoms with Crippen LogP contribution in [0.1, 0.15) is 5.56 Å². The van der Waals surface area contributed by atoms with Crippen molar-refractivity contribution in [3.63, 3.8) is 0 Å². The maximum Gasteiger partial charge on any atom is 0.317 e. The summed E-state index contributed by atoms with van der Waals surface area (Å²) in [7, 11) is 0. The largest absolute Gasteiger partial charge is 0.480 e. The van der Waals surface area contributed by atoms with Crippen molar-refractivity contribution < 1.29 is 19.4 Å². The van der Waals surface area contributed by atoms with E-state index in [1.165, 1.54) is 0 Å². The number of carboxylic acid groups (broad SMARTS) is 1. The van der Waals surface area contributed by atoms with Crippen LogP contribution in [0.25, 0.3) is 0 Å². The number of nitrogens with zero attached hydrogens (tertiary/aromatic N) is 1. The molecule has 0 aliphatic carbocycles. The maximum absolute atomic E-state index is 10.8. The summed E-state index contributed by atoms with van der Waals surface area (Å²) in [5.74, 6) is 0.254. The zero-order valence-corrected chi connectivity index (χ0v) is 11.0. The summed E-state index contributed by atoms with van der Waals surface area (Å²) in [5, 5.41) is 9.32. The summed E-state index contributed by atoms with van der Waals surface area (Å²) in [5.41, 5.74) is 0.873. The average molecular weight is 284 g/mol. The van der Waals surface area contributed by atoms with Gasteiger partial charge >= 0.3 is 5.97 Å². The van der Waals surface area contributed by atoms with Crippen molar-refractivity contribution >= 4 is 17.6 Å². The predicted octanol–water partition coefficient (Wildman–Crippen LogP) is 2.14. The Morgan fingerprint density at radius 3 is 3.00 bits per heavy atom. The number of fused-ring (bicyclic) bond motifs is 1. The van der Waals surface area contributed by atoms with E-state index in [4.69, 9.17) is 26.2 Å². The fraction of sp³-hybridized carbons (Fsp3) is 0.308. The summed E-state index contributed by atoms with van der Waals surface area (Å²) < 4.78 is 10.5. The molecule has 0 saturated carbocycles. The Kier molecular flexibility index (Phi) is 4.29. The highest BCUT2D eigenvalue weighted by Crippen LogP contribution is 2.39. The highest BCUT2D eigenvalue weighted by Gasteiger charge is 2.19. The highest BCUT2D eigenvalue weighted by atomic mass is 35.5. The molecule has 1 N–H and O–H groups in total. The third-order valence-electron chi connectivity index (χ3n) is 2.64. The Balaban J connectivity index is 2.15. The van der Waals surface area contributed by atoms with E-state index in [0.29, 0.717) is 29.6 Å². The number of hydrogen-bond acceptors (Lipinski definition) is 4. The van der Waals surface area contributed by atoms with Gasteiger partial charge in [0.25, 0.3) is 0 Å². The molecule has 1 aliphatic rings. The standard InChI is InChI=1S/C13H14ClNO4/c1-2-3-15(7-12(16)17)6-9-4-10(14)13-11(5-9)18-8-19-13/h2,4-5H,1,3,6-8H2,(H,16,17). The number of aliphatic carboxylic acids is 1. The fourth-order valence-corrected chi connectivity index (χ4v) is 2.22. The number of ether oxygens (including phenoxy) is 2. The minimum Gasteiger partial charge on any atom is -0.480 e. The molecule has 0 atom stereocenters. The lowest BCUT2D eigenvalue weighted by molar-refractivity contribution is -0.138. The third-order valence-corrected chi connectivity index (χ3v) is 2.92. The fourth-order valence-electron chi connectivity index (χ4n) is 1.93. The van der Waals surface area contributed by atoms with Crippen LogP contribution in [0, 0.1) is 0 Å². The zero-order chi connectivity index (χ0) is 13.8. The first-order valence-electron chi connectivity index (χ1n) is 5.73. The van der Waals surface area contributed by atoms with Crippen LogP contribution in [0.4, 0.5) is 0 Å². The first kappa shape index (κ1) is 13.7. The second kappa shape index (κ2) is 5.95. The van der Waals surface area contributed by atoms with Crippen LogP contribution < -0.4 is 9.47 Å². The van der Waals surface area contributed by atoms with Gasteiger partial charge < -0.3 is 14.6 Å². The molecule has 0 bridgehead atoms. The molecule has 0 aromatic heterocycles. The molecule has 0 radical (unpaired) electrons. The first-order chi connectivity index (χ1) is 9.10. The molecule has 0 spiro atoms. The Hall–Kier alpha value is -1.72. The molecule has 102 valence electrons. The Morgan fingerprint density at radius 1 is 1.53 bits per heavy atom. The van der Waals surface area contributed by atoms with Crippen LogP contribution in [0.3, 0.4) is 0 Å². The molecule has 0 unspecified atom stereocenters. The molecule has 0 amide bonds. The van der Waals surface area contributed by atoms with Crippen LogP contribution in [0.15, 0.2) is 24.8 Å². The van der Waals surface area contributed by atoms with E-state index in [0.717, 1.165) is 5.56 Å². The Morgan fingerprint density at radius 2 is 2.32 bits per heavy atom. The van der Waals surface area contributed by atoms with Gasteiger partial charge in [-0.25, -0.2) is 0 Å². The van der Waals surface area contributed by atoms with E-state index in [-0.39, 0.29) is 13.3 Å². The highest BCUT2D eigenvalue weighted by molar-refractivity contribution is 6.32. The quantitative estimate of drug-likeness (QED) is 0.811. The van der Waals surface area contributed by atoms with Crippen molar-refractivity contribution in [3.8, 4) is 11.5 Å². The molecule has 0 fully saturated rings. The lowest BCUT2D eigenvalue weighted by Gasteiger charge is -2.18. The minimum atomic E-state index is -0.881. The van der Waals surface area contributed by atoms with Crippen molar-refractivity contribution in [3.05, 3.63) is 35.4 Å². The summed E-state index contributed by atoms with van der Waals surface area (Å²) in [6.07, 6.45) is 1.66. The Labute approximate surface area is 116 Å². The van der Waals surface area contributed by atoms with Crippen molar-refractivity contribution in [2.45, 2.75) is 6.54 Å². The molecule has 1 aromatic carbocycles. The second-order valence-electron chi connectivity index (χ2n) is 4.16. The van der Waals surface area contributed by atoms with E-state index < -0.39 is 5.97 Å². The van der Waals surface area contributed by atoms with Crippen molar-refractivity contribution in [1.82, 2.24) is 4.90 Å². The maximum atomic E-state index is 10.8. The molecule has 1 aliphatic heterocycles. The van der Waals surface area contributed by atoms with Crippen LogP contribution in [0.5, 0.6) is 11.5 Å². The summed E-state index contributed by atoms with van der Waals surface area (Å²) in [6.45, 7) is 4.66. The molecule has 6 heteroatoms. The van der Waals surface area contributed by atoms with Gasteiger partial charge in [0.05, 0.1) is 11.6 Å². The zero-order valence-electron chi connectivity index (χ0n) is 10.3. The van der Waals surface area contributed by atoms with Gasteiger partial charge in [-0.2, -0.15) is 0 Å². The summed E-state index contributed by atoms with van der Waals surface area (Å²) >= 11 is 6.08. The van der Waals surface area contributed by atoms with E-state index in [1.54, 1.807) is 17.0 Å². The summed E-state index contributed by atoms with van der Waals surface area (Å²) in [4.78, 5) is 12.5. The number of rotatable bonds is 6. The van der Waals surface area contributed by atoms with E-state index in [9.17, 15) is 4.79 Å². The predicted molar refractivity (Wildman–Crippen MR) is 70.7 cm³/mol. The number of hydrogen-bond donors (Lipinski definition) is 1. The van der Waals surface area contributed by atoms with Gasteiger partial charge in [0.2, 0.25) is 6.79 Å². The number of benzene rings is 1. The molecule has 5 nitrogen and oxygen atoms in total. The van der Waals surface area contributed by atoms with E-state index in [1.807, 2.05) is 6.07 Å². The molecule has 19 heavy (non-hydrogen) atoms. The molecular formula is C13H14ClNO4. The molecule has 0 saturated heterocycles. The van der Waals surface area contributed by atoms with Gasteiger partial charge in [0, 0.05) is 13.1 Å². The third kappa shape index (κ3) is 3.39. The summed E-state index contributed by atoms with van der Waals surface area (Å²) in [6, 6.07) is 3.57. The van der Waals surface area contributed by atoms with Gasteiger partial charge in [0.15, 0.2) is 11.5 Å². The number of carbonyl (C=O) groups is 1.